The van der Waals surface area contributed by atoms with Crippen LogP contribution in [0.5, 0.6) is 0 Å². The summed E-state index contributed by atoms with van der Waals surface area (Å²) in [5.74, 6) is 0.162. The highest BCUT2D eigenvalue weighted by Crippen LogP contribution is 2.11. The Morgan fingerprint density at radius 3 is 2.71 bits per heavy atom. The molecule has 3 N–H and O–H groups in total. The molecule has 2 aromatic rings. The van der Waals surface area contributed by atoms with Crippen LogP contribution in [0.25, 0.3) is 0 Å². The zero-order chi connectivity index (χ0) is 12.3. The zero-order valence-electron chi connectivity index (χ0n) is 9.55. The first kappa shape index (κ1) is 11.2. The Kier molecular flexibility index (Phi) is 3.09. The van der Waals surface area contributed by atoms with E-state index in [1.54, 1.807) is 11.9 Å². The Bertz CT molecular complexity index is 506. The Balaban J connectivity index is 2.09. The van der Waals surface area contributed by atoms with Crippen LogP contribution in [0.2, 0.25) is 0 Å². The number of carbonyl (C=O) groups is 1. The summed E-state index contributed by atoms with van der Waals surface area (Å²) in [4.78, 5) is 13.6. The van der Waals surface area contributed by atoms with Gasteiger partial charge in [0.1, 0.15) is 11.4 Å². The van der Waals surface area contributed by atoms with Crippen molar-refractivity contribution in [3.63, 3.8) is 0 Å². The van der Waals surface area contributed by atoms with Gasteiger partial charge in [-0.05, 0) is 5.56 Å². The number of hydrogen-bond acceptors (Lipinski definition) is 3. The first-order valence-electron chi connectivity index (χ1n) is 5.26. The lowest BCUT2D eigenvalue weighted by atomic mass is 10.2. The van der Waals surface area contributed by atoms with Crippen LogP contribution in [-0.4, -0.2) is 28.1 Å². The predicted molar refractivity (Wildman–Crippen MR) is 65.2 cm³/mol. The van der Waals surface area contributed by atoms with Crippen LogP contribution in [0.3, 0.4) is 0 Å². The number of nitrogens with zero attached hydrogens (tertiary/aromatic N) is 2. The van der Waals surface area contributed by atoms with Gasteiger partial charge in [0.15, 0.2) is 0 Å². The van der Waals surface area contributed by atoms with Crippen LogP contribution >= 0.6 is 0 Å². The first-order chi connectivity index (χ1) is 8.18. The number of amides is 1. The number of nitrogens with two attached hydrogens (primary N) is 1. The van der Waals surface area contributed by atoms with Crippen LogP contribution in [-0.2, 0) is 6.54 Å². The highest BCUT2D eigenvalue weighted by atomic mass is 16.2. The molecule has 5 nitrogen and oxygen atoms in total. The number of nitrogen functional groups attached to an aromatic ring is 1. The number of H-pyrrole nitrogens is 1. The molecule has 0 aliphatic carbocycles. The van der Waals surface area contributed by atoms with Gasteiger partial charge in [-0.3, -0.25) is 9.89 Å². The molecule has 17 heavy (non-hydrogen) atoms. The Morgan fingerprint density at radius 1 is 1.41 bits per heavy atom. The summed E-state index contributed by atoms with van der Waals surface area (Å²) in [7, 11) is 1.74. The van der Waals surface area contributed by atoms with E-state index in [0.29, 0.717) is 17.9 Å². The maximum Gasteiger partial charge on any atom is 0.259 e. The highest BCUT2D eigenvalue weighted by molar-refractivity contribution is 5.97. The van der Waals surface area contributed by atoms with E-state index in [0.717, 1.165) is 5.56 Å². The second-order valence-electron chi connectivity index (χ2n) is 3.84. The minimum atomic E-state index is -0.139. The SMILES string of the molecule is CN(Cc1ccccc1)C(=O)c1cn[nH]c1N. The van der Waals surface area contributed by atoms with Gasteiger partial charge in [0.2, 0.25) is 0 Å². The van der Waals surface area contributed by atoms with Crippen molar-refractivity contribution in [2.45, 2.75) is 6.54 Å². The minimum absolute atomic E-state index is 0.139. The maximum atomic E-state index is 12.0. The van der Waals surface area contributed by atoms with E-state index in [-0.39, 0.29) is 5.91 Å². The third-order valence-electron chi connectivity index (χ3n) is 2.51. The third-order valence-corrected chi connectivity index (χ3v) is 2.51. The van der Waals surface area contributed by atoms with Gasteiger partial charge in [-0.2, -0.15) is 5.10 Å². The minimum Gasteiger partial charge on any atom is -0.383 e. The largest absolute Gasteiger partial charge is 0.383 e. The van der Waals surface area contributed by atoms with E-state index >= 15 is 0 Å². The Labute approximate surface area is 99.2 Å². The number of hydrogen-bond donors (Lipinski definition) is 2. The van der Waals surface area contributed by atoms with Gasteiger partial charge >= 0.3 is 0 Å². The van der Waals surface area contributed by atoms with Gasteiger partial charge in [-0.1, -0.05) is 30.3 Å². The number of aromatic amines is 1. The van der Waals surface area contributed by atoms with E-state index in [9.17, 15) is 4.79 Å². The molecule has 0 aliphatic heterocycles. The molecule has 0 fully saturated rings. The zero-order valence-corrected chi connectivity index (χ0v) is 9.55. The van der Waals surface area contributed by atoms with Crippen molar-refractivity contribution in [1.29, 1.82) is 0 Å². The summed E-state index contributed by atoms with van der Waals surface area (Å²) < 4.78 is 0. The topological polar surface area (TPSA) is 75.0 Å². The molecule has 0 bridgehead atoms. The second-order valence-corrected chi connectivity index (χ2v) is 3.84. The monoisotopic (exact) mass is 230 g/mol. The Hall–Kier alpha value is -2.30. The quantitative estimate of drug-likeness (QED) is 0.833. The molecule has 5 heteroatoms. The van der Waals surface area contributed by atoms with Crippen molar-refractivity contribution in [1.82, 2.24) is 15.1 Å². The standard InChI is InChI=1S/C12H14N4O/c1-16(8-9-5-3-2-4-6-9)12(17)10-7-14-15-11(10)13/h2-7H,8H2,1H3,(H3,13,14,15). The highest BCUT2D eigenvalue weighted by Gasteiger charge is 2.16. The fraction of sp³-hybridized carbons (Fsp3) is 0.167. The van der Waals surface area contributed by atoms with Crippen LogP contribution < -0.4 is 5.73 Å². The normalized spacial score (nSPS) is 10.2. The fourth-order valence-electron chi connectivity index (χ4n) is 1.60. The van der Waals surface area contributed by atoms with E-state index in [1.165, 1.54) is 6.20 Å². The van der Waals surface area contributed by atoms with Crippen molar-refractivity contribution < 1.29 is 4.79 Å². The van der Waals surface area contributed by atoms with E-state index in [4.69, 9.17) is 5.73 Å². The van der Waals surface area contributed by atoms with Crippen LogP contribution in [0.1, 0.15) is 15.9 Å². The maximum absolute atomic E-state index is 12.0. The lowest BCUT2D eigenvalue weighted by molar-refractivity contribution is 0.0786. The molecule has 0 aliphatic rings. The predicted octanol–water partition coefficient (Wildman–Crippen LogP) is 1.26. The third kappa shape index (κ3) is 2.44. The molecule has 0 unspecified atom stereocenters. The molecule has 0 saturated carbocycles. The molecule has 0 saturated heterocycles. The van der Waals surface area contributed by atoms with Gasteiger partial charge < -0.3 is 10.6 Å². The van der Waals surface area contributed by atoms with Crippen molar-refractivity contribution in [2.75, 3.05) is 12.8 Å². The summed E-state index contributed by atoms with van der Waals surface area (Å²) in [5.41, 5.74) is 7.09. The molecular weight excluding hydrogens is 216 g/mol. The molecule has 0 atom stereocenters. The Morgan fingerprint density at radius 2 is 2.12 bits per heavy atom. The van der Waals surface area contributed by atoms with Crippen molar-refractivity contribution in [2.24, 2.45) is 0 Å². The number of nitrogens with one attached hydrogen (secondary N) is 1. The summed E-state index contributed by atoms with van der Waals surface area (Å²) in [6.07, 6.45) is 1.44. The second kappa shape index (κ2) is 4.69. The van der Waals surface area contributed by atoms with Gasteiger partial charge in [0.05, 0.1) is 6.20 Å². The van der Waals surface area contributed by atoms with E-state index in [2.05, 4.69) is 10.2 Å². The van der Waals surface area contributed by atoms with Crippen LogP contribution in [0, 0.1) is 0 Å². The van der Waals surface area contributed by atoms with Crippen LogP contribution in [0.15, 0.2) is 36.5 Å². The first-order valence-corrected chi connectivity index (χ1v) is 5.26. The molecule has 0 spiro atoms. The van der Waals surface area contributed by atoms with Crippen molar-refractivity contribution in [3.8, 4) is 0 Å². The lowest BCUT2D eigenvalue weighted by Gasteiger charge is -2.16. The molecule has 1 amide bonds. The van der Waals surface area contributed by atoms with Crippen molar-refractivity contribution in [3.05, 3.63) is 47.7 Å². The number of carbonyl (C=O) groups excluding carboxylic acids is 1. The molecule has 0 radical (unpaired) electrons. The molecule has 1 aromatic heterocycles. The summed E-state index contributed by atoms with van der Waals surface area (Å²) in [5, 5.41) is 6.28. The molecule has 1 heterocycles. The average Bonchev–Trinajstić information content (AvgIpc) is 2.76. The summed E-state index contributed by atoms with van der Waals surface area (Å²) in [6, 6.07) is 9.78. The molecule has 88 valence electrons. The van der Waals surface area contributed by atoms with E-state index in [1.807, 2.05) is 30.3 Å². The number of rotatable bonds is 3. The van der Waals surface area contributed by atoms with Gasteiger partial charge in [-0.25, -0.2) is 0 Å². The smallest absolute Gasteiger partial charge is 0.259 e. The van der Waals surface area contributed by atoms with Gasteiger partial charge in [0, 0.05) is 13.6 Å². The van der Waals surface area contributed by atoms with Gasteiger partial charge in [0.25, 0.3) is 5.91 Å². The summed E-state index contributed by atoms with van der Waals surface area (Å²) >= 11 is 0. The van der Waals surface area contributed by atoms with E-state index < -0.39 is 0 Å². The van der Waals surface area contributed by atoms with Gasteiger partial charge in [-0.15, -0.1) is 0 Å². The average molecular weight is 230 g/mol. The van der Waals surface area contributed by atoms with Crippen LogP contribution in [0.4, 0.5) is 5.82 Å². The van der Waals surface area contributed by atoms with Crippen molar-refractivity contribution >= 4 is 11.7 Å². The summed E-state index contributed by atoms with van der Waals surface area (Å²) in [6.45, 7) is 0.546. The molecule has 1 aromatic carbocycles. The number of aromatic nitrogens is 2. The number of anilines is 1. The molecular formula is C12H14N4O. The lowest BCUT2D eigenvalue weighted by Crippen LogP contribution is -2.26. The number of benzene rings is 1. The fourth-order valence-corrected chi connectivity index (χ4v) is 1.60. The molecule has 2 rings (SSSR count).